The van der Waals surface area contributed by atoms with Crippen molar-refractivity contribution < 1.29 is 32.2 Å². The van der Waals surface area contributed by atoms with Crippen molar-refractivity contribution in [2.45, 2.75) is 58.9 Å². The average molecular weight is 512 g/mol. The summed E-state index contributed by atoms with van der Waals surface area (Å²) in [5.41, 5.74) is 0.760. The fourth-order valence-corrected chi connectivity index (χ4v) is 4.28. The molecule has 0 spiro atoms. The van der Waals surface area contributed by atoms with Crippen LogP contribution in [0.15, 0.2) is 12.1 Å². The summed E-state index contributed by atoms with van der Waals surface area (Å²) < 4.78 is 46.6. The summed E-state index contributed by atoms with van der Waals surface area (Å²) >= 11 is 0. The zero-order valence-corrected chi connectivity index (χ0v) is 21.6. The maximum Gasteiger partial charge on any atom is 0.411 e. The van der Waals surface area contributed by atoms with Gasteiger partial charge in [-0.05, 0) is 57.9 Å². The van der Waals surface area contributed by atoms with Gasteiger partial charge in [-0.3, -0.25) is 4.79 Å². The van der Waals surface area contributed by atoms with Crippen LogP contribution in [0.1, 0.15) is 50.0 Å². The van der Waals surface area contributed by atoms with Crippen LogP contribution in [0, 0.1) is 12.8 Å². The molecule has 1 aromatic carbocycles. The maximum atomic E-state index is 12.7. The molecule has 3 rings (SSSR count). The van der Waals surface area contributed by atoms with Crippen molar-refractivity contribution in [2.75, 3.05) is 39.4 Å². The number of nitrogens with one attached hydrogen (secondary N) is 1. The summed E-state index contributed by atoms with van der Waals surface area (Å²) in [6, 6.07) is 3.89. The van der Waals surface area contributed by atoms with Crippen molar-refractivity contribution in [1.29, 1.82) is 0 Å². The smallest absolute Gasteiger partial charge is 0.411 e. The van der Waals surface area contributed by atoms with Crippen molar-refractivity contribution in [2.24, 2.45) is 5.92 Å². The van der Waals surface area contributed by atoms with Crippen LogP contribution in [-0.4, -0.2) is 79.0 Å². The largest absolute Gasteiger partial charge is 0.444 e. The van der Waals surface area contributed by atoms with E-state index in [4.69, 9.17) is 4.74 Å². The average Bonchev–Trinajstić information content (AvgIpc) is 2.87. The Morgan fingerprint density at radius 1 is 1.17 bits per heavy atom. The molecule has 0 aliphatic carbocycles. The van der Waals surface area contributed by atoms with Gasteiger partial charge in [0.2, 0.25) is 0 Å². The van der Waals surface area contributed by atoms with E-state index in [9.17, 15) is 22.8 Å². The first-order chi connectivity index (χ1) is 16.7. The number of likely N-dealkylation sites (tertiary alicyclic amines) is 1. The molecule has 1 aromatic rings. The number of rotatable bonds is 7. The van der Waals surface area contributed by atoms with E-state index in [0.29, 0.717) is 24.6 Å². The Morgan fingerprint density at radius 3 is 2.50 bits per heavy atom. The summed E-state index contributed by atoms with van der Waals surface area (Å²) in [6.45, 7) is 10.1. The Bertz CT molecular complexity index is 1080. The highest BCUT2D eigenvalue weighted by Crippen LogP contribution is 2.22. The number of alkyl halides is 3. The van der Waals surface area contributed by atoms with E-state index in [1.54, 1.807) is 11.0 Å². The zero-order valence-electron chi connectivity index (χ0n) is 21.6. The van der Waals surface area contributed by atoms with E-state index in [0.717, 1.165) is 29.0 Å². The number of ether oxygens (including phenoxy) is 2. The van der Waals surface area contributed by atoms with Gasteiger partial charge in [-0.2, -0.15) is 13.2 Å². The van der Waals surface area contributed by atoms with Gasteiger partial charge in [0, 0.05) is 55.1 Å². The fourth-order valence-electron chi connectivity index (χ4n) is 4.28. The molecule has 7 nitrogen and oxygen atoms in total. The van der Waals surface area contributed by atoms with Gasteiger partial charge < -0.3 is 24.6 Å². The highest BCUT2D eigenvalue weighted by atomic mass is 19.4. The molecule has 2 amide bonds. The van der Waals surface area contributed by atoms with Gasteiger partial charge in [0.1, 0.15) is 12.2 Å². The molecule has 2 aliphatic rings. The molecule has 1 N–H and O–H groups in total. The van der Waals surface area contributed by atoms with Crippen molar-refractivity contribution in [3.63, 3.8) is 0 Å². The summed E-state index contributed by atoms with van der Waals surface area (Å²) in [5, 5.41) is 4.62. The van der Waals surface area contributed by atoms with Gasteiger partial charge >= 0.3 is 12.3 Å². The van der Waals surface area contributed by atoms with Crippen molar-refractivity contribution in [3.05, 3.63) is 33.7 Å². The van der Waals surface area contributed by atoms with Gasteiger partial charge in [0.05, 0.1) is 6.61 Å². The van der Waals surface area contributed by atoms with Crippen LogP contribution in [0.4, 0.5) is 18.0 Å². The van der Waals surface area contributed by atoms with Gasteiger partial charge in [-0.25, -0.2) is 4.79 Å². The fraction of sp³-hybridized carbons (Fsp3) is 0.615. The lowest BCUT2D eigenvalue weighted by Crippen LogP contribution is -2.55. The van der Waals surface area contributed by atoms with E-state index < -0.39 is 18.4 Å². The molecule has 200 valence electrons. The number of nitrogens with zero attached hydrogens (tertiary/aromatic N) is 2. The second-order valence-electron chi connectivity index (χ2n) is 10.5. The first-order valence-corrected chi connectivity index (χ1v) is 12.2. The first kappa shape index (κ1) is 27.8. The quantitative estimate of drug-likeness (QED) is 0.571. The lowest BCUT2D eigenvalue weighted by molar-refractivity contribution is -0.173. The molecular formula is C26H36F3N3O4. The Labute approximate surface area is 209 Å². The topological polar surface area (TPSA) is 71.1 Å². The Hall–Kier alpha value is -2.75. The molecule has 1 unspecified atom stereocenters. The Kier molecular flexibility index (Phi) is 8.59. The van der Waals surface area contributed by atoms with E-state index in [2.05, 4.69) is 34.2 Å². The SMILES string of the molecule is Cc1c(C(=O)NCCOCC(F)(F)F)ccc2c1=CN(CC1CN(C(=O)OC(C)(C)C)C1)C(C)CC=2. The Balaban J connectivity index is 1.65. The lowest BCUT2D eigenvalue weighted by atomic mass is 9.99. The first-order valence-electron chi connectivity index (χ1n) is 12.2. The molecule has 2 heterocycles. The molecular weight excluding hydrogens is 475 g/mol. The number of hydrogen-bond acceptors (Lipinski definition) is 5. The zero-order chi connectivity index (χ0) is 26.7. The number of halogens is 3. The summed E-state index contributed by atoms with van der Waals surface area (Å²) in [4.78, 5) is 28.9. The summed E-state index contributed by atoms with van der Waals surface area (Å²) in [6.07, 6.45) is 0.399. The van der Waals surface area contributed by atoms with Gasteiger partial charge in [-0.1, -0.05) is 12.1 Å². The van der Waals surface area contributed by atoms with Crippen molar-refractivity contribution in [3.8, 4) is 0 Å². The normalized spacial score (nSPS) is 18.4. The molecule has 0 saturated carbocycles. The van der Waals surface area contributed by atoms with E-state index in [1.807, 2.05) is 33.8 Å². The minimum absolute atomic E-state index is 0.0136. The highest BCUT2D eigenvalue weighted by molar-refractivity contribution is 5.95. The van der Waals surface area contributed by atoms with Gasteiger partial charge in [-0.15, -0.1) is 0 Å². The van der Waals surface area contributed by atoms with Crippen LogP contribution in [-0.2, 0) is 9.47 Å². The molecule has 2 aliphatic heterocycles. The molecule has 10 heteroatoms. The minimum Gasteiger partial charge on any atom is -0.444 e. The van der Waals surface area contributed by atoms with Crippen LogP contribution >= 0.6 is 0 Å². The van der Waals surface area contributed by atoms with Gasteiger partial charge in [0.15, 0.2) is 0 Å². The second-order valence-corrected chi connectivity index (χ2v) is 10.5. The third-order valence-corrected chi connectivity index (χ3v) is 6.21. The molecule has 1 fully saturated rings. The summed E-state index contributed by atoms with van der Waals surface area (Å²) in [5.74, 6) is -0.0311. The van der Waals surface area contributed by atoms with Crippen molar-refractivity contribution >= 4 is 24.3 Å². The third kappa shape index (κ3) is 7.62. The van der Waals surface area contributed by atoms with E-state index >= 15 is 0 Å². The van der Waals surface area contributed by atoms with Crippen LogP contribution in [0.5, 0.6) is 0 Å². The molecule has 0 bridgehead atoms. The lowest BCUT2D eigenvalue weighted by Gasteiger charge is -2.42. The monoisotopic (exact) mass is 511 g/mol. The number of carbonyl (C=O) groups excluding carboxylic acids is 2. The number of carbonyl (C=O) groups is 2. The van der Waals surface area contributed by atoms with Crippen LogP contribution in [0.25, 0.3) is 12.3 Å². The van der Waals surface area contributed by atoms with Crippen LogP contribution < -0.4 is 15.8 Å². The molecule has 0 aromatic heterocycles. The molecule has 1 saturated heterocycles. The standard InChI is InChI=1S/C26H36F3N3O4/c1-17-6-7-20-8-9-21(23(33)30-10-11-35-16-26(27,28)29)18(2)22(20)15-31(17)12-19-13-32(14-19)24(34)36-25(3,4)5/h7-9,15,17,19H,6,10-14,16H2,1-5H3,(H,30,33). The molecule has 36 heavy (non-hydrogen) atoms. The van der Waals surface area contributed by atoms with Crippen LogP contribution in [0.3, 0.4) is 0 Å². The second kappa shape index (κ2) is 11.1. The van der Waals surface area contributed by atoms with Crippen LogP contribution in [0.2, 0.25) is 0 Å². The highest BCUT2D eigenvalue weighted by Gasteiger charge is 2.35. The summed E-state index contributed by atoms with van der Waals surface area (Å²) in [7, 11) is 0. The number of amides is 2. The Morgan fingerprint density at radius 2 is 1.86 bits per heavy atom. The predicted octanol–water partition coefficient (Wildman–Crippen LogP) is 2.78. The van der Waals surface area contributed by atoms with E-state index in [-0.39, 0.29) is 31.2 Å². The number of hydrogen-bond donors (Lipinski definition) is 1. The number of fused-ring (bicyclic) bond motifs is 1. The van der Waals surface area contributed by atoms with E-state index in [1.165, 1.54) is 0 Å². The maximum absolute atomic E-state index is 12.7. The molecule has 0 radical (unpaired) electrons. The number of benzene rings is 1. The third-order valence-electron chi connectivity index (χ3n) is 6.21. The minimum atomic E-state index is -4.39. The predicted molar refractivity (Wildman–Crippen MR) is 131 cm³/mol. The van der Waals surface area contributed by atoms with Crippen molar-refractivity contribution in [1.82, 2.24) is 15.1 Å². The molecule has 1 atom stereocenters. The van der Waals surface area contributed by atoms with Gasteiger partial charge in [0.25, 0.3) is 5.91 Å².